The molecule has 27 heavy (non-hydrogen) atoms. The zero-order valence-corrected chi connectivity index (χ0v) is 14.5. The van der Waals surface area contributed by atoms with Crippen LogP contribution in [0.3, 0.4) is 0 Å². The summed E-state index contributed by atoms with van der Waals surface area (Å²) in [4.78, 5) is 25.9. The molecular weight excluding hydrogens is 373 g/mol. The van der Waals surface area contributed by atoms with Gasteiger partial charge in [0.2, 0.25) is 11.8 Å². The zero-order chi connectivity index (χ0) is 19.0. The van der Waals surface area contributed by atoms with E-state index in [4.69, 9.17) is 4.42 Å². The average molecular weight is 385 g/mol. The molecule has 9 heteroatoms. The van der Waals surface area contributed by atoms with E-state index in [1.807, 2.05) is 0 Å². The number of hydrogen-bond donors (Lipinski definition) is 1. The number of halogens is 1. The van der Waals surface area contributed by atoms with Gasteiger partial charge >= 0.3 is 0 Å². The minimum Gasteiger partial charge on any atom is -0.507 e. The molecule has 1 atom stereocenters. The van der Waals surface area contributed by atoms with Crippen molar-refractivity contribution >= 4 is 29.3 Å². The van der Waals surface area contributed by atoms with E-state index in [1.54, 1.807) is 18.2 Å². The van der Waals surface area contributed by atoms with Crippen LogP contribution in [-0.2, 0) is 9.59 Å². The summed E-state index contributed by atoms with van der Waals surface area (Å²) >= 11 is 0.978. The number of aromatic nitrogens is 2. The molecule has 0 saturated carbocycles. The molecule has 136 valence electrons. The molecule has 0 bridgehead atoms. The smallest absolute Gasteiger partial charge is 0.277 e. The first kappa shape index (κ1) is 17.2. The molecule has 1 aliphatic rings. The number of phenols is 1. The van der Waals surface area contributed by atoms with Crippen molar-refractivity contribution in [2.45, 2.75) is 16.9 Å². The van der Waals surface area contributed by atoms with Crippen molar-refractivity contribution in [3.63, 3.8) is 0 Å². The van der Waals surface area contributed by atoms with Crippen LogP contribution in [0.15, 0.2) is 58.2 Å². The van der Waals surface area contributed by atoms with Gasteiger partial charge in [-0.2, -0.15) is 0 Å². The minimum atomic E-state index is -0.722. The Morgan fingerprint density at radius 3 is 2.59 bits per heavy atom. The van der Waals surface area contributed by atoms with Crippen LogP contribution in [0.25, 0.3) is 11.5 Å². The fourth-order valence-corrected chi connectivity index (χ4v) is 3.59. The number of anilines is 1. The lowest BCUT2D eigenvalue weighted by molar-refractivity contribution is -0.121. The average Bonchev–Trinajstić information content (AvgIpc) is 3.22. The molecule has 4 rings (SSSR count). The Kier molecular flexibility index (Phi) is 4.36. The van der Waals surface area contributed by atoms with Gasteiger partial charge in [-0.05, 0) is 36.4 Å². The lowest BCUT2D eigenvalue weighted by Gasteiger charge is -2.14. The minimum absolute atomic E-state index is 0.00712. The van der Waals surface area contributed by atoms with Gasteiger partial charge in [0.1, 0.15) is 16.8 Å². The van der Waals surface area contributed by atoms with E-state index in [0.717, 1.165) is 16.7 Å². The van der Waals surface area contributed by atoms with Gasteiger partial charge in [-0.1, -0.05) is 23.9 Å². The number of rotatable bonds is 4. The third-order valence-electron chi connectivity index (χ3n) is 3.97. The largest absolute Gasteiger partial charge is 0.507 e. The van der Waals surface area contributed by atoms with Crippen molar-refractivity contribution in [1.29, 1.82) is 0 Å². The maximum absolute atomic E-state index is 13.1. The predicted octanol–water partition coefficient (Wildman–Crippen LogP) is 3.01. The van der Waals surface area contributed by atoms with Crippen LogP contribution in [0.4, 0.5) is 10.1 Å². The van der Waals surface area contributed by atoms with Crippen LogP contribution >= 0.6 is 11.8 Å². The first-order valence-electron chi connectivity index (χ1n) is 7.94. The van der Waals surface area contributed by atoms with Gasteiger partial charge in [-0.15, -0.1) is 10.2 Å². The van der Waals surface area contributed by atoms with Gasteiger partial charge in [0, 0.05) is 6.42 Å². The molecular formula is C18H12FN3O4S. The van der Waals surface area contributed by atoms with Gasteiger partial charge in [-0.25, -0.2) is 9.29 Å². The van der Waals surface area contributed by atoms with Crippen LogP contribution in [0.1, 0.15) is 6.42 Å². The highest BCUT2D eigenvalue weighted by molar-refractivity contribution is 8.00. The lowest BCUT2D eigenvalue weighted by Crippen LogP contribution is -2.31. The second-order valence-corrected chi connectivity index (χ2v) is 6.90. The van der Waals surface area contributed by atoms with Crippen molar-refractivity contribution < 1.29 is 23.5 Å². The molecule has 2 heterocycles. The number of para-hydroxylation sites is 1. The summed E-state index contributed by atoms with van der Waals surface area (Å²) in [5, 5.41) is 17.0. The van der Waals surface area contributed by atoms with Gasteiger partial charge in [-0.3, -0.25) is 9.59 Å². The third kappa shape index (κ3) is 3.28. The molecule has 3 aromatic rings. The normalized spacial score (nSPS) is 16.9. The fourth-order valence-electron chi connectivity index (χ4n) is 2.70. The molecule has 0 radical (unpaired) electrons. The monoisotopic (exact) mass is 385 g/mol. The maximum atomic E-state index is 13.1. The van der Waals surface area contributed by atoms with Crippen LogP contribution < -0.4 is 4.90 Å². The highest BCUT2D eigenvalue weighted by Crippen LogP contribution is 2.35. The molecule has 1 fully saturated rings. The van der Waals surface area contributed by atoms with Crippen molar-refractivity contribution in [1.82, 2.24) is 10.2 Å². The van der Waals surface area contributed by atoms with E-state index in [-0.39, 0.29) is 29.2 Å². The Morgan fingerprint density at radius 2 is 1.85 bits per heavy atom. The number of thioether (sulfide) groups is 1. The van der Waals surface area contributed by atoms with E-state index in [0.29, 0.717) is 11.3 Å². The topological polar surface area (TPSA) is 96.5 Å². The number of aromatic hydroxyl groups is 1. The fraction of sp³-hybridized carbons (Fsp3) is 0.111. The highest BCUT2D eigenvalue weighted by Gasteiger charge is 2.41. The van der Waals surface area contributed by atoms with Crippen LogP contribution in [-0.4, -0.2) is 32.4 Å². The Labute approximate surface area is 156 Å². The first-order chi connectivity index (χ1) is 13.0. The second kappa shape index (κ2) is 6.84. The van der Waals surface area contributed by atoms with Gasteiger partial charge < -0.3 is 9.52 Å². The number of imide groups is 1. The summed E-state index contributed by atoms with van der Waals surface area (Å²) in [5.41, 5.74) is 0.688. The molecule has 1 unspecified atom stereocenters. The van der Waals surface area contributed by atoms with E-state index < -0.39 is 17.0 Å². The third-order valence-corrected chi connectivity index (χ3v) is 4.99. The van der Waals surface area contributed by atoms with E-state index in [1.165, 1.54) is 30.3 Å². The summed E-state index contributed by atoms with van der Waals surface area (Å²) in [7, 11) is 0. The zero-order valence-electron chi connectivity index (χ0n) is 13.7. The first-order valence-corrected chi connectivity index (χ1v) is 8.82. The highest BCUT2D eigenvalue weighted by atomic mass is 32.2. The number of carbonyl (C=O) groups is 2. The van der Waals surface area contributed by atoms with E-state index >= 15 is 0 Å². The molecule has 1 saturated heterocycles. The molecule has 2 aromatic carbocycles. The van der Waals surface area contributed by atoms with Crippen LogP contribution in [0.2, 0.25) is 0 Å². The Morgan fingerprint density at radius 1 is 1.11 bits per heavy atom. The molecule has 0 spiro atoms. The van der Waals surface area contributed by atoms with Crippen LogP contribution in [0.5, 0.6) is 5.75 Å². The number of hydrogen-bond acceptors (Lipinski definition) is 7. The molecule has 2 amide bonds. The van der Waals surface area contributed by atoms with Crippen molar-refractivity contribution in [3.8, 4) is 17.2 Å². The number of phenolic OH excluding ortho intramolecular Hbond substituents is 1. The van der Waals surface area contributed by atoms with Crippen LogP contribution in [0, 0.1) is 5.82 Å². The van der Waals surface area contributed by atoms with Crippen molar-refractivity contribution in [2.24, 2.45) is 0 Å². The Hall–Kier alpha value is -3.20. The summed E-state index contributed by atoms with van der Waals surface area (Å²) < 4.78 is 18.6. The molecule has 1 aromatic heterocycles. The van der Waals surface area contributed by atoms with E-state index in [9.17, 15) is 19.1 Å². The second-order valence-electron chi connectivity index (χ2n) is 5.74. The lowest BCUT2D eigenvalue weighted by atomic mass is 10.2. The predicted molar refractivity (Wildman–Crippen MR) is 94.6 cm³/mol. The molecule has 7 nitrogen and oxygen atoms in total. The summed E-state index contributed by atoms with van der Waals surface area (Å²) in [5.74, 6) is -1.16. The molecule has 1 aliphatic heterocycles. The molecule has 1 N–H and O–H groups in total. The van der Waals surface area contributed by atoms with E-state index in [2.05, 4.69) is 10.2 Å². The maximum Gasteiger partial charge on any atom is 0.277 e. The van der Waals surface area contributed by atoms with Crippen molar-refractivity contribution in [2.75, 3.05) is 4.90 Å². The standard InChI is InChI=1S/C18H12FN3O4S/c19-10-5-7-11(8-6-10)22-15(24)9-14(17(22)25)27-18-21-20-16(26-18)12-3-1-2-4-13(12)23/h1-8,14,23H,9H2. The Bertz CT molecular complexity index is 1020. The van der Waals surface area contributed by atoms with Gasteiger partial charge in [0.15, 0.2) is 0 Å². The number of benzene rings is 2. The van der Waals surface area contributed by atoms with Crippen molar-refractivity contribution in [3.05, 3.63) is 54.3 Å². The summed E-state index contributed by atoms with van der Waals surface area (Å²) in [6, 6.07) is 11.6. The molecule has 0 aliphatic carbocycles. The number of nitrogens with zero attached hydrogens (tertiary/aromatic N) is 3. The summed E-state index contributed by atoms with van der Waals surface area (Å²) in [6.07, 6.45) is -0.0326. The van der Waals surface area contributed by atoms with Gasteiger partial charge in [0.25, 0.3) is 11.1 Å². The number of carbonyl (C=O) groups excluding carboxylic acids is 2. The summed E-state index contributed by atoms with van der Waals surface area (Å²) in [6.45, 7) is 0. The quantitative estimate of drug-likeness (QED) is 0.690. The SMILES string of the molecule is O=C1CC(Sc2nnc(-c3ccccc3O)o2)C(=O)N1c1ccc(F)cc1. The number of amides is 2. The Balaban J connectivity index is 1.52. The van der Waals surface area contributed by atoms with Gasteiger partial charge in [0.05, 0.1) is 11.3 Å².